The van der Waals surface area contributed by atoms with Gasteiger partial charge in [-0.15, -0.1) is 0 Å². The molecule has 0 radical (unpaired) electrons. The van der Waals surface area contributed by atoms with Crippen molar-refractivity contribution in [3.63, 3.8) is 0 Å². The monoisotopic (exact) mass is 187 g/mol. The number of aromatic nitrogens is 3. The molecule has 0 amide bonds. The van der Waals surface area contributed by atoms with Crippen molar-refractivity contribution >= 4 is 16.9 Å². The van der Waals surface area contributed by atoms with Crippen LogP contribution in [0.5, 0.6) is 0 Å². The first-order chi connectivity index (χ1) is 6.84. The Kier molecular flexibility index (Phi) is 1.25. The third kappa shape index (κ3) is 0.861. The van der Waals surface area contributed by atoms with Crippen LogP contribution in [0.25, 0.3) is 16.9 Å². The van der Waals surface area contributed by atoms with Gasteiger partial charge in [-0.2, -0.15) is 4.98 Å². The second-order valence-electron chi connectivity index (χ2n) is 2.88. The van der Waals surface area contributed by atoms with Gasteiger partial charge in [-0.1, -0.05) is 0 Å². The van der Waals surface area contributed by atoms with Crippen molar-refractivity contribution in [1.82, 2.24) is 14.4 Å². The molecule has 68 valence electrons. The molecule has 0 N–H and O–H groups in total. The van der Waals surface area contributed by atoms with Crippen molar-refractivity contribution in [2.75, 3.05) is 0 Å². The molecule has 0 aromatic carbocycles. The van der Waals surface area contributed by atoms with Gasteiger partial charge in [0.25, 0.3) is 5.56 Å². The van der Waals surface area contributed by atoms with Gasteiger partial charge in [0.2, 0.25) is 11.5 Å². The average molecular weight is 187 g/mol. The van der Waals surface area contributed by atoms with Crippen molar-refractivity contribution in [1.29, 1.82) is 0 Å². The molecule has 0 aliphatic heterocycles. The summed E-state index contributed by atoms with van der Waals surface area (Å²) >= 11 is 0. The average Bonchev–Trinajstić information content (AvgIpc) is 2.62. The van der Waals surface area contributed by atoms with Gasteiger partial charge in [0, 0.05) is 18.5 Å². The van der Waals surface area contributed by atoms with Crippen LogP contribution in [0.4, 0.5) is 0 Å². The van der Waals surface area contributed by atoms with Gasteiger partial charge in [-0.25, -0.2) is 4.98 Å². The van der Waals surface area contributed by atoms with Crippen molar-refractivity contribution in [2.24, 2.45) is 0 Å². The minimum absolute atomic E-state index is 0.148. The zero-order chi connectivity index (χ0) is 9.54. The lowest BCUT2D eigenvalue weighted by molar-refractivity contribution is 0.603. The highest BCUT2D eigenvalue weighted by Crippen LogP contribution is 2.11. The minimum atomic E-state index is -0.148. The minimum Gasteiger partial charge on any atom is -0.446 e. The van der Waals surface area contributed by atoms with Crippen LogP contribution in [-0.4, -0.2) is 14.4 Å². The summed E-state index contributed by atoms with van der Waals surface area (Å²) in [7, 11) is 0. The van der Waals surface area contributed by atoms with Gasteiger partial charge in [0.1, 0.15) is 0 Å². The molecule has 3 rings (SSSR count). The molecule has 0 unspecified atom stereocenters. The van der Waals surface area contributed by atoms with E-state index in [0.29, 0.717) is 11.5 Å². The Balaban J connectivity index is 2.63. The van der Waals surface area contributed by atoms with E-state index in [1.165, 1.54) is 22.9 Å². The smallest absolute Gasteiger partial charge is 0.259 e. The Bertz CT molecular complexity index is 668. The second kappa shape index (κ2) is 2.41. The SMILES string of the molecule is O=c1ccnc2nc3occc3cn12. The van der Waals surface area contributed by atoms with Gasteiger partial charge in [-0.05, 0) is 6.07 Å². The normalized spacial score (nSPS) is 11.1. The summed E-state index contributed by atoms with van der Waals surface area (Å²) in [5.41, 5.74) is 0.341. The van der Waals surface area contributed by atoms with Gasteiger partial charge in [0.15, 0.2) is 0 Å². The molecule has 5 nitrogen and oxygen atoms in total. The number of furan rings is 1. The largest absolute Gasteiger partial charge is 0.446 e. The van der Waals surface area contributed by atoms with Gasteiger partial charge in [-0.3, -0.25) is 9.20 Å². The van der Waals surface area contributed by atoms with Crippen LogP contribution >= 0.6 is 0 Å². The first-order valence-electron chi connectivity index (χ1n) is 4.06. The molecule has 0 aliphatic rings. The Morgan fingerprint density at radius 1 is 1.36 bits per heavy atom. The number of hydrogen-bond donors (Lipinski definition) is 0. The third-order valence-electron chi connectivity index (χ3n) is 2.00. The predicted octanol–water partition coefficient (Wildman–Crippen LogP) is 0.836. The molecule has 0 saturated heterocycles. The summed E-state index contributed by atoms with van der Waals surface area (Å²) in [4.78, 5) is 19.4. The molecule has 5 heteroatoms. The number of nitrogens with zero attached hydrogens (tertiary/aromatic N) is 3. The molecular formula is C9H5N3O2. The van der Waals surface area contributed by atoms with E-state index in [-0.39, 0.29) is 5.56 Å². The van der Waals surface area contributed by atoms with E-state index in [2.05, 4.69) is 9.97 Å². The molecule has 14 heavy (non-hydrogen) atoms. The Morgan fingerprint density at radius 2 is 2.29 bits per heavy atom. The van der Waals surface area contributed by atoms with Gasteiger partial charge in [0.05, 0.1) is 11.6 Å². The maximum Gasteiger partial charge on any atom is 0.259 e. The van der Waals surface area contributed by atoms with Gasteiger partial charge >= 0.3 is 0 Å². The summed E-state index contributed by atoms with van der Waals surface area (Å²) in [6.45, 7) is 0. The molecule has 0 atom stereocenters. The van der Waals surface area contributed by atoms with E-state index < -0.39 is 0 Å². The van der Waals surface area contributed by atoms with Crippen molar-refractivity contribution < 1.29 is 4.42 Å². The fraction of sp³-hybridized carbons (Fsp3) is 0. The van der Waals surface area contributed by atoms with Crippen molar-refractivity contribution in [3.8, 4) is 0 Å². The van der Waals surface area contributed by atoms with E-state index >= 15 is 0 Å². The summed E-state index contributed by atoms with van der Waals surface area (Å²) < 4.78 is 6.49. The standard InChI is InChI=1S/C9H5N3O2/c13-7-1-3-10-9-11-8-6(2-4-14-8)5-12(7)9/h1-5H. The highest BCUT2D eigenvalue weighted by Gasteiger charge is 2.02. The summed E-state index contributed by atoms with van der Waals surface area (Å²) in [6.07, 6.45) is 4.62. The zero-order valence-electron chi connectivity index (χ0n) is 7.04. The quantitative estimate of drug-likeness (QED) is 0.523. The molecule has 3 aromatic rings. The van der Waals surface area contributed by atoms with E-state index in [4.69, 9.17) is 4.42 Å². The van der Waals surface area contributed by atoms with Crippen LogP contribution in [0, 0.1) is 0 Å². The zero-order valence-corrected chi connectivity index (χ0v) is 7.04. The summed E-state index contributed by atoms with van der Waals surface area (Å²) in [5.74, 6) is 0.347. The topological polar surface area (TPSA) is 60.4 Å². The first kappa shape index (κ1) is 7.25. The van der Waals surface area contributed by atoms with Crippen molar-refractivity contribution in [3.05, 3.63) is 41.1 Å². The maximum absolute atomic E-state index is 11.4. The van der Waals surface area contributed by atoms with Crippen LogP contribution < -0.4 is 5.56 Å². The fourth-order valence-corrected chi connectivity index (χ4v) is 1.34. The lowest BCUT2D eigenvalue weighted by Crippen LogP contribution is -2.13. The molecule has 3 aromatic heterocycles. The predicted molar refractivity (Wildman–Crippen MR) is 49.0 cm³/mol. The van der Waals surface area contributed by atoms with Crippen LogP contribution in [0.3, 0.4) is 0 Å². The fourth-order valence-electron chi connectivity index (χ4n) is 1.34. The lowest BCUT2D eigenvalue weighted by atomic mass is 10.4. The number of fused-ring (bicyclic) bond motifs is 2. The number of hydrogen-bond acceptors (Lipinski definition) is 4. The van der Waals surface area contributed by atoms with Crippen LogP contribution in [0.2, 0.25) is 0 Å². The van der Waals surface area contributed by atoms with Gasteiger partial charge < -0.3 is 4.42 Å². The van der Waals surface area contributed by atoms with Crippen LogP contribution in [0.15, 0.2) is 40.0 Å². The second-order valence-corrected chi connectivity index (χ2v) is 2.88. The summed E-state index contributed by atoms with van der Waals surface area (Å²) in [5, 5.41) is 0.785. The number of rotatable bonds is 0. The summed E-state index contributed by atoms with van der Waals surface area (Å²) in [6, 6.07) is 3.14. The molecule has 0 bridgehead atoms. The molecule has 0 saturated carbocycles. The van der Waals surface area contributed by atoms with Crippen LogP contribution in [-0.2, 0) is 0 Å². The maximum atomic E-state index is 11.4. The Morgan fingerprint density at radius 3 is 3.21 bits per heavy atom. The van der Waals surface area contributed by atoms with Crippen molar-refractivity contribution in [2.45, 2.75) is 0 Å². The molecule has 0 fully saturated rings. The van der Waals surface area contributed by atoms with E-state index in [1.54, 1.807) is 12.3 Å². The molecule has 0 aliphatic carbocycles. The molecule has 3 heterocycles. The van der Waals surface area contributed by atoms with E-state index in [9.17, 15) is 4.79 Å². The van der Waals surface area contributed by atoms with Crippen LogP contribution in [0.1, 0.15) is 0 Å². The lowest BCUT2D eigenvalue weighted by Gasteiger charge is -1.96. The third-order valence-corrected chi connectivity index (χ3v) is 2.00. The van der Waals surface area contributed by atoms with E-state index in [1.807, 2.05) is 0 Å². The highest BCUT2D eigenvalue weighted by atomic mass is 16.3. The Labute approximate surface area is 77.6 Å². The molecule has 0 spiro atoms. The van der Waals surface area contributed by atoms with E-state index in [0.717, 1.165) is 5.39 Å². The molecular weight excluding hydrogens is 182 g/mol. The Hall–Kier alpha value is -2.17. The first-order valence-corrected chi connectivity index (χ1v) is 4.06. The highest BCUT2D eigenvalue weighted by molar-refractivity contribution is 5.73.